The van der Waals surface area contributed by atoms with Crippen LogP contribution in [0.15, 0.2) is 58.3 Å². The molecule has 0 aliphatic carbocycles. The number of nitrogens with one attached hydrogen (secondary N) is 1. The quantitative estimate of drug-likeness (QED) is 0.670. The van der Waals surface area contributed by atoms with Crippen molar-refractivity contribution in [2.24, 2.45) is 0 Å². The highest BCUT2D eigenvalue weighted by molar-refractivity contribution is 8.09. The Balaban J connectivity index is 1.86. The van der Waals surface area contributed by atoms with Crippen molar-refractivity contribution in [3.63, 3.8) is 0 Å². The molecule has 5 nitrogen and oxygen atoms in total. The van der Waals surface area contributed by atoms with Gasteiger partial charge in [-0.1, -0.05) is 36.0 Å². The van der Waals surface area contributed by atoms with E-state index >= 15 is 0 Å². The summed E-state index contributed by atoms with van der Waals surface area (Å²) in [6.45, 7) is 1.97. The molecular weight excluding hydrogens is 387 g/mol. The fraction of sp³-hybridized carbons (Fsp3) is 0.278. The second-order valence-corrected chi connectivity index (χ2v) is 9.79. The van der Waals surface area contributed by atoms with Crippen LogP contribution in [-0.2, 0) is 25.6 Å². The number of nitrogens with zero attached hydrogens (tertiary/aromatic N) is 1. The first-order valence-corrected chi connectivity index (χ1v) is 11.9. The highest BCUT2D eigenvalue weighted by atomic mass is 32.5. The van der Waals surface area contributed by atoms with Gasteiger partial charge in [0.2, 0.25) is 5.91 Å². The maximum absolute atomic E-state index is 13.1. The maximum Gasteiger partial charge on any atom is 0.261 e. The number of hydrogen-bond acceptors (Lipinski definition) is 5. The summed E-state index contributed by atoms with van der Waals surface area (Å²) in [7, 11) is 0. The normalized spacial score (nSPS) is 13.2. The summed E-state index contributed by atoms with van der Waals surface area (Å²) in [5, 5.41) is 3.04. The molecule has 138 valence electrons. The standard InChI is InChI=1S/C18H21N2O3PS2/c1-3-22-24(25,23-4-2)19-13-18(21)20-14-9-5-7-11-16(14)26-17-12-8-6-10-15(17)20/h5-12H,3-4,13H2,1-2H3,(H,19,25). The molecule has 2 aromatic rings. The van der Waals surface area contributed by atoms with E-state index in [1.165, 1.54) is 0 Å². The number of fused-ring (bicyclic) bond motifs is 2. The minimum absolute atomic E-state index is 0.0462. The van der Waals surface area contributed by atoms with Crippen LogP contribution in [0.1, 0.15) is 13.8 Å². The summed E-state index contributed by atoms with van der Waals surface area (Å²) in [5.41, 5.74) is 1.76. The van der Waals surface area contributed by atoms with Crippen LogP contribution in [0.3, 0.4) is 0 Å². The Labute approximate surface area is 163 Å². The lowest BCUT2D eigenvalue weighted by Crippen LogP contribution is -2.36. The Hall–Kier alpha value is -1.21. The minimum atomic E-state index is -2.66. The molecule has 0 saturated carbocycles. The smallest absolute Gasteiger partial charge is 0.261 e. The molecule has 8 heteroatoms. The number of carbonyl (C=O) groups excluding carboxylic acids is 1. The van der Waals surface area contributed by atoms with Crippen molar-refractivity contribution in [1.29, 1.82) is 0 Å². The predicted molar refractivity (Wildman–Crippen MR) is 110 cm³/mol. The monoisotopic (exact) mass is 408 g/mol. The van der Waals surface area contributed by atoms with Crippen molar-refractivity contribution < 1.29 is 13.8 Å². The third-order valence-corrected chi connectivity index (χ3v) is 7.60. The van der Waals surface area contributed by atoms with Crippen molar-refractivity contribution >= 4 is 47.5 Å². The van der Waals surface area contributed by atoms with Gasteiger partial charge in [0.15, 0.2) is 0 Å². The van der Waals surface area contributed by atoms with Gasteiger partial charge in [-0.15, -0.1) is 0 Å². The lowest BCUT2D eigenvalue weighted by atomic mass is 10.2. The molecule has 3 rings (SSSR count). The second kappa shape index (κ2) is 8.65. The van der Waals surface area contributed by atoms with Crippen LogP contribution < -0.4 is 9.99 Å². The van der Waals surface area contributed by atoms with Gasteiger partial charge >= 0.3 is 0 Å². The number of anilines is 2. The molecular formula is C18H21N2O3PS2. The van der Waals surface area contributed by atoms with Gasteiger partial charge in [0, 0.05) is 9.79 Å². The highest BCUT2D eigenvalue weighted by Gasteiger charge is 2.29. The van der Waals surface area contributed by atoms with Crippen LogP contribution >= 0.6 is 18.4 Å². The van der Waals surface area contributed by atoms with E-state index in [-0.39, 0.29) is 12.5 Å². The van der Waals surface area contributed by atoms with Gasteiger partial charge in [-0.3, -0.25) is 9.69 Å². The molecule has 1 amide bonds. The van der Waals surface area contributed by atoms with Crippen molar-refractivity contribution in [2.75, 3.05) is 24.7 Å². The third-order valence-electron chi connectivity index (χ3n) is 3.70. The number of rotatable bonds is 7. The van der Waals surface area contributed by atoms with Gasteiger partial charge in [0.05, 0.1) is 31.1 Å². The summed E-state index contributed by atoms with van der Waals surface area (Å²) < 4.78 is 11.1. The van der Waals surface area contributed by atoms with Crippen LogP contribution in [-0.4, -0.2) is 25.7 Å². The van der Waals surface area contributed by atoms with E-state index in [1.807, 2.05) is 62.4 Å². The molecule has 1 N–H and O–H groups in total. The van der Waals surface area contributed by atoms with Gasteiger partial charge in [0.25, 0.3) is 6.64 Å². The number of para-hydroxylation sites is 2. The van der Waals surface area contributed by atoms with Gasteiger partial charge in [0.1, 0.15) is 0 Å². The van der Waals surface area contributed by atoms with Gasteiger partial charge in [-0.2, -0.15) is 0 Å². The molecule has 0 aromatic heterocycles. The molecule has 1 aliphatic rings. The first kappa shape index (κ1) is 19.5. The third kappa shape index (κ3) is 4.19. The molecule has 1 aliphatic heterocycles. The maximum atomic E-state index is 13.1. The Bertz CT molecular complexity index is 791. The molecule has 0 unspecified atom stereocenters. The predicted octanol–water partition coefficient (Wildman–Crippen LogP) is 4.70. The van der Waals surface area contributed by atoms with Crippen LogP contribution in [0.5, 0.6) is 0 Å². The molecule has 0 bridgehead atoms. The Morgan fingerprint density at radius 1 is 1.04 bits per heavy atom. The molecule has 1 heterocycles. The second-order valence-electron chi connectivity index (χ2n) is 5.43. The first-order chi connectivity index (χ1) is 12.6. The van der Waals surface area contributed by atoms with Crippen LogP contribution in [0.2, 0.25) is 0 Å². The van der Waals surface area contributed by atoms with Gasteiger partial charge in [-0.05, 0) is 49.9 Å². The van der Waals surface area contributed by atoms with E-state index in [4.69, 9.17) is 20.9 Å². The Kier molecular flexibility index (Phi) is 6.51. The molecule has 0 fully saturated rings. The number of amides is 1. The Morgan fingerprint density at radius 2 is 1.54 bits per heavy atom. The zero-order chi connectivity index (χ0) is 18.6. The van der Waals surface area contributed by atoms with Crippen LogP contribution in [0, 0.1) is 0 Å². The molecule has 0 atom stereocenters. The molecule has 0 saturated heterocycles. The fourth-order valence-corrected chi connectivity index (χ4v) is 5.84. The SMILES string of the molecule is CCOP(=S)(NCC(=O)N1c2ccccc2Sc2ccccc21)OCC. The summed E-state index contributed by atoms with van der Waals surface area (Å²) in [6, 6.07) is 15.8. The lowest BCUT2D eigenvalue weighted by molar-refractivity contribution is -0.116. The van der Waals surface area contributed by atoms with E-state index in [0.29, 0.717) is 13.2 Å². The lowest BCUT2D eigenvalue weighted by Gasteiger charge is -2.31. The molecule has 0 radical (unpaired) electrons. The molecule has 26 heavy (non-hydrogen) atoms. The largest absolute Gasteiger partial charge is 0.318 e. The average Bonchev–Trinajstić information content (AvgIpc) is 2.64. The summed E-state index contributed by atoms with van der Waals surface area (Å²) in [6.07, 6.45) is 0. The van der Waals surface area contributed by atoms with Crippen molar-refractivity contribution in [1.82, 2.24) is 5.09 Å². The topological polar surface area (TPSA) is 50.8 Å². The summed E-state index contributed by atoms with van der Waals surface area (Å²) >= 11 is 7.12. The molecule has 0 spiro atoms. The summed E-state index contributed by atoms with van der Waals surface area (Å²) in [5.74, 6) is -0.0983. The number of carbonyl (C=O) groups is 1. The zero-order valence-electron chi connectivity index (χ0n) is 14.7. The van der Waals surface area contributed by atoms with E-state index in [9.17, 15) is 4.79 Å². The van der Waals surface area contributed by atoms with Crippen molar-refractivity contribution in [3.8, 4) is 0 Å². The van der Waals surface area contributed by atoms with E-state index in [2.05, 4.69) is 5.09 Å². The van der Waals surface area contributed by atoms with E-state index < -0.39 is 6.64 Å². The van der Waals surface area contributed by atoms with Crippen molar-refractivity contribution in [3.05, 3.63) is 48.5 Å². The zero-order valence-corrected chi connectivity index (χ0v) is 17.2. The first-order valence-electron chi connectivity index (χ1n) is 8.41. The fourth-order valence-electron chi connectivity index (χ4n) is 2.69. The van der Waals surface area contributed by atoms with Crippen LogP contribution in [0.25, 0.3) is 0 Å². The van der Waals surface area contributed by atoms with E-state index in [0.717, 1.165) is 21.2 Å². The number of benzene rings is 2. The van der Waals surface area contributed by atoms with Gasteiger partial charge < -0.3 is 9.05 Å². The summed E-state index contributed by atoms with van der Waals surface area (Å²) in [4.78, 5) is 16.9. The van der Waals surface area contributed by atoms with Crippen molar-refractivity contribution in [2.45, 2.75) is 23.6 Å². The molecule has 2 aromatic carbocycles. The van der Waals surface area contributed by atoms with E-state index in [1.54, 1.807) is 16.7 Å². The Morgan fingerprint density at radius 3 is 2.04 bits per heavy atom. The highest BCUT2D eigenvalue weighted by Crippen LogP contribution is 2.48. The number of hydrogen-bond donors (Lipinski definition) is 1. The minimum Gasteiger partial charge on any atom is -0.318 e. The average molecular weight is 408 g/mol. The van der Waals surface area contributed by atoms with Gasteiger partial charge in [-0.25, -0.2) is 5.09 Å². The van der Waals surface area contributed by atoms with Crippen LogP contribution in [0.4, 0.5) is 11.4 Å².